The highest BCUT2D eigenvalue weighted by molar-refractivity contribution is 8.00. The molecule has 0 atom stereocenters. The van der Waals surface area contributed by atoms with Gasteiger partial charge in [0, 0.05) is 43.2 Å². The Balaban J connectivity index is 1.48. The number of nitrogens with zero attached hydrogens (tertiary/aromatic N) is 3. The Morgan fingerprint density at radius 2 is 1.88 bits per heavy atom. The van der Waals surface area contributed by atoms with Crippen molar-refractivity contribution in [2.75, 3.05) is 31.9 Å². The third kappa shape index (κ3) is 4.48. The Labute approximate surface area is 159 Å². The van der Waals surface area contributed by atoms with Gasteiger partial charge in [0.2, 0.25) is 5.91 Å². The minimum Gasteiger partial charge on any atom is -0.361 e. The highest BCUT2D eigenvalue weighted by atomic mass is 32.2. The largest absolute Gasteiger partial charge is 0.361 e. The van der Waals surface area contributed by atoms with Crippen molar-refractivity contribution >= 4 is 17.7 Å². The lowest BCUT2D eigenvalue weighted by atomic mass is 10.2. The van der Waals surface area contributed by atoms with Crippen LogP contribution < -0.4 is 0 Å². The monoisotopic (exact) mass is 373 g/mol. The molecule has 0 radical (unpaired) electrons. The molecule has 1 aliphatic rings. The summed E-state index contributed by atoms with van der Waals surface area (Å²) in [6.07, 6.45) is 0. The summed E-state index contributed by atoms with van der Waals surface area (Å²) in [4.78, 5) is 18.1. The summed E-state index contributed by atoms with van der Waals surface area (Å²) < 4.78 is 5.24. The van der Waals surface area contributed by atoms with E-state index in [0.717, 1.165) is 44.2 Å². The molecule has 0 N–H and O–H groups in total. The molecule has 1 aromatic heterocycles. The van der Waals surface area contributed by atoms with Gasteiger partial charge in [0.05, 0.1) is 11.4 Å². The molecular weight excluding hydrogens is 346 g/mol. The molecule has 3 rings (SSSR count). The molecule has 0 aliphatic carbocycles. The number of amides is 1. The minimum absolute atomic E-state index is 0.230. The molecule has 6 heteroatoms. The van der Waals surface area contributed by atoms with Crippen molar-refractivity contribution in [2.24, 2.45) is 0 Å². The fourth-order valence-electron chi connectivity index (χ4n) is 3.20. The minimum atomic E-state index is 0.230. The zero-order valence-electron chi connectivity index (χ0n) is 16.0. The summed E-state index contributed by atoms with van der Waals surface area (Å²) in [6, 6.07) is 6.39. The van der Waals surface area contributed by atoms with E-state index in [-0.39, 0.29) is 5.91 Å². The molecule has 0 unspecified atom stereocenters. The second-order valence-electron chi connectivity index (χ2n) is 7.02. The van der Waals surface area contributed by atoms with Gasteiger partial charge in [0.15, 0.2) is 0 Å². The number of carbonyl (C=O) groups is 1. The Kier molecular flexibility index (Phi) is 6.04. The predicted molar refractivity (Wildman–Crippen MR) is 104 cm³/mol. The molecule has 0 saturated carbocycles. The van der Waals surface area contributed by atoms with Crippen molar-refractivity contribution < 1.29 is 9.32 Å². The summed E-state index contributed by atoms with van der Waals surface area (Å²) in [5.41, 5.74) is 4.61. The Bertz CT molecular complexity index is 760. The third-order valence-corrected chi connectivity index (χ3v) is 6.12. The fraction of sp³-hybridized carbons (Fsp3) is 0.500. The van der Waals surface area contributed by atoms with Gasteiger partial charge in [-0.15, -0.1) is 11.8 Å². The van der Waals surface area contributed by atoms with Gasteiger partial charge in [-0.1, -0.05) is 22.9 Å². The van der Waals surface area contributed by atoms with Crippen LogP contribution in [0.5, 0.6) is 0 Å². The zero-order chi connectivity index (χ0) is 18.7. The summed E-state index contributed by atoms with van der Waals surface area (Å²) in [6.45, 7) is 12.3. The zero-order valence-corrected chi connectivity index (χ0v) is 16.9. The van der Waals surface area contributed by atoms with Crippen molar-refractivity contribution in [1.29, 1.82) is 0 Å². The van der Waals surface area contributed by atoms with Crippen LogP contribution in [0.2, 0.25) is 0 Å². The number of aromatic nitrogens is 1. The number of hydrogen-bond acceptors (Lipinski definition) is 5. The van der Waals surface area contributed by atoms with Crippen LogP contribution in [-0.2, 0) is 11.3 Å². The van der Waals surface area contributed by atoms with E-state index >= 15 is 0 Å². The van der Waals surface area contributed by atoms with Gasteiger partial charge in [0.1, 0.15) is 5.76 Å². The van der Waals surface area contributed by atoms with Crippen LogP contribution in [0.3, 0.4) is 0 Å². The SMILES string of the molecule is Cc1ccc(C)c(SCC(=O)N2CCN(Cc3c(C)noc3C)CC2)c1. The number of benzene rings is 1. The molecular formula is C20H27N3O2S. The Morgan fingerprint density at radius 3 is 2.54 bits per heavy atom. The first-order chi connectivity index (χ1) is 12.4. The summed E-state index contributed by atoms with van der Waals surface area (Å²) >= 11 is 1.65. The lowest BCUT2D eigenvalue weighted by Gasteiger charge is -2.34. The standard InChI is InChI=1S/C20H27N3O2S/c1-14-5-6-15(2)19(11-14)26-13-20(24)23-9-7-22(8-10-23)12-18-16(3)21-25-17(18)4/h5-6,11H,7-10,12-13H2,1-4H3. The van der Waals surface area contributed by atoms with E-state index in [0.29, 0.717) is 5.75 Å². The number of thioether (sulfide) groups is 1. The average Bonchev–Trinajstić information content (AvgIpc) is 2.95. The van der Waals surface area contributed by atoms with E-state index in [1.807, 2.05) is 18.7 Å². The van der Waals surface area contributed by atoms with Gasteiger partial charge >= 0.3 is 0 Å². The smallest absolute Gasteiger partial charge is 0.233 e. The number of piperazine rings is 1. The maximum Gasteiger partial charge on any atom is 0.233 e. The normalized spacial score (nSPS) is 15.5. The summed E-state index contributed by atoms with van der Waals surface area (Å²) in [5, 5.41) is 4.02. The first-order valence-corrected chi connectivity index (χ1v) is 10.0. The van der Waals surface area contributed by atoms with Crippen molar-refractivity contribution in [2.45, 2.75) is 39.1 Å². The number of hydrogen-bond donors (Lipinski definition) is 0. The van der Waals surface area contributed by atoms with Crippen molar-refractivity contribution in [3.63, 3.8) is 0 Å². The van der Waals surface area contributed by atoms with Crippen molar-refractivity contribution in [3.8, 4) is 0 Å². The predicted octanol–water partition coefficient (Wildman–Crippen LogP) is 3.34. The van der Waals surface area contributed by atoms with Gasteiger partial charge in [-0.3, -0.25) is 9.69 Å². The van der Waals surface area contributed by atoms with Crippen LogP contribution in [0.4, 0.5) is 0 Å². The maximum absolute atomic E-state index is 12.6. The molecule has 0 spiro atoms. The molecule has 140 valence electrons. The number of carbonyl (C=O) groups excluding carboxylic acids is 1. The lowest BCUT2D eigenvalue weighted by Crippen LogP contribution is -2.48. The van der Waals surface area contributed by atoms with Gasteiger partial charge in [-0.25, -0.2) is 0 Å². The quantitative estimate of drug-likeness (QED) is 0.753. The summed E-state index contributed by atoms with van der Waals surface area (Å²) in [5.74, 6) is 1.63. The average molecular weight is 374 g/mol. The van der Waals surface area contributed by atoms with E-state index in [9.17, 15) is 4.79 Å². The molecule has 1 saturated heterocycles. The number of aryl methyl sites for hydroxylation is 4. The Hall–Kier alpha value is -1.79. The molecule has 2 aromatic rings. The van der Waals surface area contributed by atoms with Crippen LogP contribution in [0.1, 0.15) is 28.1 Å². The molecule has 2 heterocycles. The third-order valence-electron chi connectivity index (χ3n) is 4.98. The highest BCUT2D eigenvalue weighted by Crippen LogP contribution is 2.24. The molecule has 5 nitrogen and oxygen atoms in total. The summed E-state index contributed by atoms with van der Waals surface area (Å²) in [7, 11) is 0. The van der Waals surface area contributed by atoms with Crippen LogP contribution >= 0.6 is 11.8 Å². The topological polar surface area (TPSA) is 49.6 Å². The Morgan fingerprint density at radius 1 is 1.15 bits per heavy atom. The van der Waals surface area contributed by atoms with Crippen LogP contribution in [0.15, 0.2) is 27.6 Å². The van der Waals surface area contributed by atoms with Gasteiger partial charge < -0.3 is 9.42 Å². The second kappa shape index (κ2) is 8.27. The molecule has 26 heavy (non-hydrogen) atoms. The molecule has 0 bridgehead atoms. The van der Waals surface area contributed by atoms with Crippen molar-refractivity contribution in [3.05, 3.63) is 46.3 Å². The van der Waals surface area contributed by atoms with E-state index in [4.69, 9.17) is 4.52 Å². The van der Waals surface area contributed by atoms with E-state index < -0.39 is 0 Å². The number of rotatable bonds is 5. The lowest BCUT2D eigenvalue weighted by molar-refractivity contribution is -0.130. The first kappa shape index (κ1) is 19.0. The molecule has 1 fully saturated rings. The van der Waals surface area contributed by atoms with Crippen LogP contribution in [-0.4, -0.2) is 52.8 Å². The van der Waals surface area contributed by atoms with Crippen molar-refractivity contribution in [1.82, 2.24) is 15.0 Å². The van der Waals surface area contributed by atoms with Gasteiger partial charge in [-0.2, -0.15) is 0 Å². The van der Waals surface area contributed by atoms with Gasteiger partial charge in [0.25, 0.3) is 0 Å². The second-order valence-corrected chi connectivity index (χ2v) is 8.03. The molecule has 1 aromatic carbocycles. The highest BCUT2D eigenvalue weighted by Gasteiger charge is 2.23. The van der Waals surface area contributed by atoms with Crippen LogP contribution in [0.25, 0.3) is 0 Å². The molecule has 1 aliphatic heterocycles. The first-order valence-electron chi connectivity index (χ1n) is 9.06. The van der Waals surface area contributed by atoms with Gasteiger partial charge in [-0.05, 0) is 39.3 Å². The fourth-order valence-corrected chi connectivity index (χ4v) is 4.23. The molecule has 1 amide bonds. The van der Waals surface area contributed by atoms with E-state index in [2.05, 4.69) is 42.1 Å². The maximum atomic E-state index is 12.6. The van der Waals surface area contributed by atoms with E-state index in [1.54, 1.807) is 11.8 Å². The van der Waals surface area contributed by atoms with E-state index in [1.165, 1.54) is 21.6 Å². The van der Waals surface area contributed by atoms with Crippen LogP contribution in [0, 0.1) is 27.7 Å².